The quantitative estimate of drug-likeness (QED) is 0.142. The number of ether oxygens (including phenoxy) is 2. The lowest BCUT2D eigenvalue weighted by Gasteiger charge is -2.38. The van der Waals surface area contributed by atoms with Gasteiger partial charge in [0.05, 0.1) is 30.4 Å². The highest BCUT2D eigenvalue weighted by Crippen LogP contribution is 2.38. The van der Waals surface area contributed by atoms with Crippen molar-refractivity contribution >= 4 is 20.9 Å². The smallest absolute Gasteiger partial charge is 0.243 e. The van der Waals surface area contributed by atoms with Crippen LogP contribution in [0.1, 0.15) is 52.7 Å². The van der Waals surface area contributed by atoms with Gasteiger partial charge < -0.3 is 29.7 Å². The third-order valence-corrected chi connectivity index (χ3v) is 9.91. The van der Waals surface area contributed by atoms with Gasteiger partial charge in [-0.25, -0.2) is 13.1 Å². The van der Waals surface area contributed by atoms with E-state index in [4.69, 9.17) is 9.47 Å². The number of nitrogens with zero attached hydrogens (tertiary/aromatic N) is 2. The summed E-state index contributed by atoms with van der Waals surface area (Å²) in [6.45, 7) is 0.898. The van der Waals surface area contributed by atoms with E-state index in [0.29, 0.717) is 30.6 Å². The van der Waals surface area contributed by atoms with Crippen molar-refractivity contribution in [3.05, 3.63) is 137 Å². The molecule has 1 aromatic heterocycles. The maximum Gasteiger partial charge on any atom is 0.243 e. The molecule has 10 nitrogen and oxygen atoms in total. The van der Waals surface area contributed by atoms with Crippen LogP contribution >= 0.6 is 0 Å². The van der Waals surface area contributed by atoms with E-state index >= 15 is 0 Å². The molecular weight excluding hydrogens is 630 g/mol. The molecule has 4 N–H and O–H groups in total. The zero-order valence-electron chi connectivity index (χ0n) is 26.5. The zero-order chi connectivity index (χ0) is 33.7. The minimum absolute atomic E-state index is 0.0478. The van der Waals surface area contributed by atoms with Crippen LogP contribution in [0.4, 0.5) is 0 Å². The van der Waals surface area contributed by atoms with Crippen LogP contribution in [-0.4, -0.2) is 59.9 Å². The van der Waals surface area contributed by atoms with E-state index in [0.717, 1.165) is 27.6 Å². The predicted octanol–water partition coefficient (Wildman–Crippen LogP) is 5.12. The minimum atomic E-state index is -3.82. The number of benzene rings is 4. The summed E-state index contributed by atoms with van der Waals surface area (Å²) in [7, 11) is -1.91. The zero-order valence-corrected chi connectivity index (χ0v) is 27.3. The molecular formula is C37H39N3O7S. The average Bonchev–Trinajstić information content (AvgIpc) is 3.10. The first-order valence-electron chi connectivity index (χ1n) is 15.8. The molecule has 5 aromatic rings. The van der Waals surface area contributed by atoms with Gasteiger partial charge in [-0.3, -0.25) is 4.98 Å². The number of pyridine rings is 1. The van der Waals surface area contributed by atoms with Gasteiger partial charge in [-0.15, -0.1) is 0 Å². The Morgan fingerprint density at radius 2 is 1.62 bits per heavy atom. The van der Waals surface area contributed by atoms with Crippen LogP contribution in [0.2, 0.25) is 0 Å². The number of aromatic hydroxyl groups is 1. The molecule has 6 rings (SSSR count). The maximum atomic E-state index is 13.2. The summed E-state index contributed by atoms with van der Waals surface area (Å²) in [5, 5.41) is 30.9. The second-order valence-corrected chi connectivity index (χ2v) is 13.8. The van der Waals surface area contributed by atoms with Crippen molar-refractivity contribution in [3.63, 3.8) is 0 Å². The Hall–Kier alpha value is -4.20. The fourth-order valence-corrected chi connectivity index (χ4v) is 7.12. The SMILES string of the molecule is CN(CC1CC(c2ccc(CO)cc2)OC(c2ccc(CNS(=O)(=O)c3cccc4cccnc34)cc2)O1)CC(O)c1cccc(O)c1. The number of aliphatic hydroxyl groups is 2. The van der Waals surface area contributed by atoms with Crippen molar-refractivity contribution in [1.82, 2.24) is 14.6 Å². The van der Waals surface area contributed by atoms with Gasteiger partial charge in [0.15, 0.2) is 6.29 Å². The van der Waals surface area contributed by atoms with Gasteiger partial charge in [-0.2, -0.15) is 0 Å². The molecule has 0 radical (unpaired) electrons. The lowest BCUT2D eigenvalue weighted by Crippen LogP contribution is -2.39. The summed E-state index contributed by atoms with van der Waals surface area (Å²) >= 11 is 0. The molecule has 1 saturated heterocycles. The van der Waals surface area contributed by atoms with Crippen LogP contribution in [0.5, 0.6) is 5.75 Å². The van der Waals surface area contributed by atoms with Crippen LogP contribution < -0.4 is 4.72 Å². The van der Waals surface area contributed by atoms with Crippen LogP contribution in [0, 0.1) is 0 Å². The van der Waals surface area contributed by atoms with Gasteiger partial charge in [0.2, 0.25) is 10.0 Å². The number of para-hydroxylation sites is 1. The molecule has 0 saturated carbocycles. The Balaban J connectivity index is 1.15. The number of sulfonamides is 1. The maximum absolute atomic E-state index is 13.2. The summed E-state index contributed by atoms with van der Waals surface area (Å²) in [5.41, 5.74) is 4.36. The number of phenolic OH excluding ortho intramolecular Hbond substituents is 1. The molecule has 1 aliphatic rings. The van der Waals surface area contributed by atoms with Crippen LogP contribution in [0.15, 0.2) is 114 Å². The molecule has 1 fully saturated rings. The molecule has 11 heteroatoms. The number of aromatic nitrogens is 1. The van der Waals surface area contributed by atoms with Crippen molar-refractivity contribution in [2.45, 2.75) is 49.1 Å². The highest BCUT2D eigenvalue weighted by molar-refractivity contribution is 7.89. The normalized spacial score (nSPS) is 19.0. The Morgan fingerprint density at radius 3 is 2.38 bits per heavy atom. The Labute approximate surface area is 280 Å². The van der Waals surface area contributed by atoms with E-state index in [-0.39, 0.29) is 36.0 Å². The highest BCUT2D eigenvalue weighted by atomic mass is 32.2. The number of nitrogens with one attached hydrogen (secondary N) is 1. The number of likely N-dealkylation sites (N-methyl/N-ethyl adjacent to an activating group) is 1. The molecule has 1 aliphatic heterocycles. The van der Waals surface area contributed by atoms with E-state index < -0.39 is 22.4 Å². The Kier molecular flexibility index (Phi) is 10.5. The lowest BCUT2D eigenvalue weighted by atomic mass is 9.99. The second kappa shape index (κ2) is 14.9. The van der Waals surface area contributed by atoms with E-state index in [1.54, 1.807) is 48.7 Å². The number of fused-ring (bicyclic) bond motifs is 1. The Bertz CT molecular complexity index is 1930. The molecule has 0 aliphatic carbocycles. The molecule has 4 aromatic carbocycles. The van der Waals surface area contributed by atoms with Crippen molar-refractivity contribution < 1.29 is 33.2 Å². The van der Waals surface area contributed by atoms with E-state index in [2.05, 4.69) is 9.71 Å². The lowest BCUT2D eigenvalue weighted by molar-refractivity contribution is -0.252. The first kappa shape index (κ1) is 33.7. The van der Waals surface area contributed by atoms with Gasteiger partial charge in [0, 0.05) is 43.2 Å². The summed E-state index contributed by atoms with van der Waals surface area (Å²) in [5.74, 6) is 0.102. The predicted molar refractivity (Wildman–Crippen MR) is 181 cm³/mol. The summed E-state index contributed by atoms with van der Waals surface area (Å²) in [6.07, 6.45) is 0.141. The van der Waals surface area contributed by atoms with Gasteiger partial charge in [0.1, 0.15) is 10.6 Å². The van der Waals surface area contributed by atoms with Gasteiger partial charge in [0.25, 0.3) is 0 Å². The summed E-state index contributed by atoms with van der Waals surface area (Å²) < 4.78 is 42.0. The molecule has 4 atom stereocenters. The van der Waals surface area contributed by atoms with Crippen molar-refractivity contribution in [1.29, 1.82) is 0 Å². The second-order valence-electron chi connectivity index (χ2n) is 12.1. The van der Waals surface area contributed by atoms with Crippen LogP contribution in [-0.2, 0) is 32.6 Å². The molecule has 0 amide bonds. The summed E-state index contributed by atoms with van der Waals surface area (Å²) in [6, 6.07) is 30.4. The number of phenols is 1. The fraction of sp³-hybridized carbons (Fsp3) is 0.270. The largest absolute Gasteiger partial charge is 0.508 e. The van der Waals surface area contributed by atoms with Crippen molar-refractivity contribution in [2.75, 3.05) is 20.1 Å². The first-order chi connectivity index (χ1) is 23.2. The third kappa shape index (κ3) is 8.08. The summed E-state index contributed by atoms with van der Waals surface area (Å²) in [4.78, 5) is 6.40. The standard InChI is InChI=1S/C37H39N3O7S/c1-40(23-33(43)30-6-2-8-31(42)19-30)22-32-20-34(27-14-12-26(24-41)13-15-27)47-37(46-32)29-16-10-25(11-17-29)21-39-48(44,45)35-9-3-5-28-7-4-18-38-36(28)35/h2-19,32-34,37,39,41-43H,20-24H2,1H3. The molecule has 250 valence electrons. The van der Waals surface area contributed by atoms with Crippen LogP contribution in [0.3, 0.4) is 0 Å². The number of hydrogen-bond acceptors (Lipinski definition) is 9. The minimum Gasteiger partial charge on any atom is -0.508 e. The van der Waals surface area contributed by atoms with Crippen molar-refractivity contribution in [2.24, 2.45) is 0 Å². The van der Waals surface area contributed by atoms with Gasteiger partial charge in [-0.1, -0.05) is 78.9 Å². The van der Waals surface area contributed by atoms with E-state index in [9.17, 15) is 23.7 Å². The monoisotopic (exact) mass is 669 g/mol. The van der Waals surface area contributed by atoms with E-state index in [1.807, 2.05) is 72.6 Å². The fourth-order valence-electron chi connectivity index (χ4n) is 5.93. The van der Waals surface area contributed by atoms with E-state index in [1.165, 1.54) is 0 Å². The molecule has 0 spiro atoms. The molecule has 0 bridgehead atoms. The molecule has 48 heavy (non-hydrogen) atoms. The van der Waals surface area contributed by atoms with Gasteiger partial charge in [-0.05, 0) is 53.6 Å². The molecule has 2 heterocycles. The highest BCUT2D eigenvalue weighted by Gasteiger charge is 2.33. The molecule has 4 unspecified atom stereocenters. The van der Waals surface area contributed by atoms with Crippen LogP contribution in [0.25, 0.3) is 10.9 Å². The topological polar surface area (TPSA) is 141 Å². The number of hydrogen-bond donors (Lipinski definition) is 4. The third-order valence-electron chi connectivity index (χ3n) is 8.47. The average molecular weight is 670 g/mol. The van der Waals surface area contributed by atoms with Gasteiger partial charge >= 0.3 is 0 Å². The van der Waals surface area contributed by atoms with Crippen molar-refractivity contribution in [3.8, 4) is 5.75 Å². The first-order valence-corrected chi connectivity index (χ1v) is 17.3. The number of aliphatic hydroxyl groups excluding tert-OH is 2. The Morgan fingerprint density at radius 1 is 0.917 bits per heavy atom. The number of rotatable bonds is 12.